The van der Waals surface area contributed by atoms with Crippen molar-refractivity contribution in [3.8, 4) is 22.5 Å². The number of nitrogens with zero attached hydrogens (tertiary/aromatic N) is 2. The van der Waals surface area contributed by atoms with Crippen LogP contribution in [0.25, 0.3) is 65.9 Å². The number of unbranched alkanes of at least 4 members (excludes halogenated alkanes) is 4. The highest BCUT2D eigenvalue weighted by Crippen LogP contribution is 2.35. The van der Waals surface area contributed by atoms with Gasteiger partial charge in [-0.15, -0.1) is 0 Å². The monoisotopic (exact) mass is 824 g/mol. The lowest BCUT2D eigenvalue weighted by molar-refractivity contribution is -0.660. The van der Waals surface area contributed by atoms with Gasteiger partial charge in [-0.25, -0.2) is 0 Å². The zero-order valence-electron chi connectivity index (χ0n) is 35.2. The van der Waals surface area contributed by atoms with E-state index < -0.39 is 0 Å². The average Bonchev–Trinajstić information content (AvgIpc) is 3.27. The number of benzene rings is 6. The second-order valence-corrected chi connectivity index (χ2v) is 16.2. The van der Waals surface area contributed by atoms with E-state index in [2.05, 4.69) is 105 Å². The maximum Gasteiger partial charge on any atom is 0.220 e. The van der Waals surface area contributed by atoms with Crippen molar-refractivity contribution in [2.24, 2.45) is 0 Å². The molecule has 10 heteroatoms. The minimum atomic E-state index is -0.00527. The number of amides is 2. The number of aryl methyl sites for hydroxylation is 2. The van der Waals surface area contributed by atoms with E-state index in [1.165, 1.54) is 0 Å². The number of nitrogen functional groups attached to an aromatic ring is 4. The van der Waals surface area contributed by atoms with E-state index in [9.17, 15) is 9.59 Å². The maximum atomic E-state index is 12.7. The van der Waals surface area contributed by atoms with Crippen LogP contribution in [0.5, 0.6) is 0 Å². The van der Waals surface area contributed by atoms with E-state index in [0.29, 0.717) is 37.3 Å². The lowest BCUT2D eigenvalue weighted by Crippen LogP contribution is -2.38. The Labute approximate surface area is 362 Å². The van der Waals surface area contributed by atoms with Gasteiger partial charge in [0.25, 0.3) is 0 Å². The van der Waals surface area contributed by atoms with Crippen LogP contribution in [-0.4, -0.2) is 24.9 Å². The number of anilines is 4. The van der Waals surface area contributed by atoms with Crippen molar-refractivity contribution >= 4 is 77.9 Å². The molecule has 8 aromatic rings. The van der Waals surface area contributed by atoms with Gasteiger partial charge < -0.3 is 33.6 Å². The molecule has 0 bridgehead atoms. The Balaban J connectivity index is 0.796. The second-order valence-electron chi connectivity index (χ2n) is 16.2. The van der Waals surface area contributed by atoms with Crippen LogP contribution in [0.2, 0.25) is 0 Å². The molecule has 2 aromatic heterocycles. The number of pyridine rings is 2. The molecule has 2 heterocycles. The third-order valence-corrected chi connectivity index (χ3v) is 11.8. The van der Waals surface area contributed by atoms with Crippen LogP contribution in [0.4, 0.5) is 22.7 Å². The number of nitrogens with one attached hydrogen (secondary N) is 2. The fourth-order valence-corrected chi connectivity index (χ4v) is 8.84. The second kappa shape index (κ2) is 19.0. The topological polar surface area (TPSA) is 170 Å². The minimum absolute atomic E-state index is 0.00527. The van der Waals surface area contributed by atoms with Gasteiger partial charge in [0.05, 0.1) is 21.5 Å². The molecular formula is C52H56N8O2+2. The van der Waals surface area contributed by atoms with E-state index in [1.54, 1.807) is 0 Å². The van der Waals surface area contributed by atoms with Crippen LogP contribution in [-0.2, 0) is 22.7 Å². The van der Waals surface area contributed by atoms with E-state index in [4.69, 9.17) is 22.9 Å². The molecule has 0 radical (unpaired) electrons. The molecule has 0 fully saturated rings. The summed E-state index contributed by atoms with van der Waals surface area (Å²) in [7, 11) is 0. The van der Waals surface area contributed by atoms with E-state index in [-0.39, 0.29) is 11.8 Å². The summed E-state index contributed by atoms with van der Waals surface area (Å²) in [6.45, 7) is 2.33. The first kappa shape index (κ1) is 41.5. The lowest BCUT2D eigenvalue weighted by Gasteiger charge is -2.13. The average molecular weight is 825 g/mol. The summed E-state index contributed by atoms with van der Waals surface area (Å²) < 4.78 is 4.71. The summed E-state index contributed by atoms with van der Waals surface area (Å²) in [5.41, 5.74) is 34.7. The summed E-state index contributed by atoms with van der Waals surface area (Å²) in [4.78, 5) is 25.5. The van der Waals surface area contributed by atoms with Crippen LogP contribution in [0.1, 0.15) is 51.4 Å². The first-order valence-electron chi connectivity index (χ1n) is 21.8. The van der Waals surface area contributed by atoms with Crippen LogP contribution >= 0.6 is 0 Å². The van der Waals surface area contributed by atoms with Crippen LogP contribution < -0.4 is 42.7 Å². The molecule has 0 spiro atoms. The fourth-order valence-electron chi connectivity index (χ4n) is 8.84. The quantitative estimate of drug-likeness (QED) is 0.0233. The third-order valence-electron chi connectivity index (χ3n) is 11.8. The Kier molecular flexibility index (Phi) is 12.7. The maximum absolute atomic E-state index is 12.7. The number of fused-ring (bicyclic) bond motifs is 6. The van der Waals surface area contributed by atoms with Crippen molar-refractivity contribution in [3.05, 3.63) is 133 Å². The molecule has 314 valence electrons. The number of hydrogen-bond acceptors (Lipinski definition) is 6. The molecule has 0 saturated carbocycles. The summed E-state index contributed by atoms with van der Waals surface area (Å²) in [6.07, 6.45) is 5.95. The van der Waals surface area contributed by atoms with Gasteiger partial charge in [-0.05, 0) is 98.5 Å². The molecule has 10 N–H and O–H groups in total. The standard InChI is InChI=1S/C52H54N8O2/c53-37-19-23-41-43-25-21-39(55)33-47(43)59(51(45(41)31-37)35-13-5-1-6-14-35)29-11-3-9-17-49(61)57-27-28-58-50(62)18-10-4-12-30-60-48-34-40(56)22-26-44(48)42-24-20-38(54)32-46(42)52(60)36-15-7-2-8-16-36/h1-2,5-8,13-16,19-26,31-34,55-56H,3-4,9-12,17-18,27-30,53-54H2,(H2,57,58,61,62)/p+2. The molecule has 0 saturated heterocycles. The normalized spacial score (nSPS) is 11.4. The van der Waals surface area contributed by atoms with Gasteiger partial charge >= 0.3 is 0 Å². The molecule has 0 aliphatic rings. The van der Waals surface area contributed by atoms with E-state index in [0.717, 1.165) is 129 Å². The molecule has 0 unspecified atom stereocenters. The highest BCUT2D eigenvalue weighted by molar-refractivity contribution is 6.11. The predicted octanol–water partition coefficient (Wildman–Crippen LogP) is 8.59. The molecule has 0 aliphatic carbocycles. The number of hydrogen-bond donors (Lipinski definition) is 6. The van der Waals surface area contributed by atoms with Gasteiger partial charge in [0.15, 0.2) is 0 Å². The van der Waals surface area contributed by atoms with E-state index in [1.807, 2.05) is 48.5 Å². The molecule has 8 rings (SSSR count). The van der Waals surface area contributed by atoms with Crippen molar-refractivity contribution in [1.29, 1.82) is 0 Å². The first-order valence-corrected chi connectivity index (χ1v) is 21.8. The highest BCUT2D eigenvalue weighted by atomic mass is 16.2. The molecule has 2 amide bonds. The van der Waals surface area contributed by atoms with Gasteiger partial charge in [0, 0.05) is 95.6 Å². The number of carbonyl (C=O) groups is 2. The Morgan fingerprint density at radius 2 is 0.774 bits per heavy atom. The van der Waals surface area contributed by atoms with Gasteiger partial charge in [0.1, 0.15) is 13.1 Å². The number of aromatic nitrogens is 2. The number of nitrogens with two attached hydrogens (primary N) is 4. The lowest BCUT2D eigenvalue weighted by atomic mass is 9.98. The number of carbonyl (C=O) groups excluding carboxylic acids is 2. The number of rotatable bonds is 17. The van der Waals surface area contributed by atoms with Crippen molar-refractivity contribution in [1.82, 2.24) is 10.6 Å². The molecule has 0 aliphatic heterocycles. The summed E-state index contributed by atoms with van der Waals surface area (Å²) in [5, 5.41) is 12.7. The summed E-state index contributed by atoms with van der Waals surface area (Å²) in [6, 6.07) is 45.1. The largest absolute Gasteiger partial charge is 0.399 e. The Bertz CT molecular complexity index is 2700. The van der Waals surface area contributed by atoms with Gasteiger partial charge in [0.2, 0.25) is 34.2 Å². The van der Waals surface area contributed by atoms with Crippen LogP contribution in [0, 0.1) is 0 Å². The Hall–Kier alpha value is -7.20. The molecular weight excluding hydrogens is 769 g/mol. The van der Waals surface area contributed by atoms with Crippen molar-refractivity contribution in [3.63, 3.8) is 0 Å². The minimum Gasteiger partial charge on any atom is -0.399 e. The van der Waals surface area contributed by atoms with Gasteiger partial charge in [-0.1, -0.05) is 48.5 Å². The summed E-state index contributed by atoms with van der Waals surface area (Å²) >= 11 is 0. The highest BCUT2D eigenvalue weighted by Gasteiger charge is 2.25. The van der Waals surface area contributed by atoms with Crippen molar-refractivity contribution in [2.45, 2.75) is 64.5 Å². The van der Waals surface area contributed by atoms with E-state index >= 15 is 0 Å². The zero-order valence-corrected chi connectivity index (χ0v) is 35.2. The Morgan fingerprint density at radius 3 is 1.18 bits per heavy atom. The molecule has 62 heavy (non-hydrogen) atoms. The SMILES string of the molecule is Nc1ccc2c(c1)c(-c1ccccc1)[n+](CCCCCC(=O)NCCNC(=O)CCCCC[n+]1c(-c3ccccc3)c3cc(N)ccc3c3ccc(N)cc31)c1cc(N)ccc21. The smallest absolute Gasteiger partial charge is 0.220 e. The summed E-state index contributed by atoms with van der Waals surface area (Å²) in [5.74, 6) is -0.0105. The van der Waals surface area contributed by atoms with Gasteiger partial charge in [-0.2, -0.15) is 9.13 Å². The van der Waals surface area contributed by atoms with Crippen molar-refractivity contribution < 1.29 is 18.7 Å². The third kappa shape index (κ3) is 9.24. The molecule has 6 aromatic carbocycles. The molecule has 0 atom stereocenters. The fraction of sp³-hybridized carbons (Fsp3) is 0.231. The van der Waals surface area contributed by atoms with Crippen molar-refractivity contribution in [2.75, 3.05) is 36.0 Å². The Morgan fingerprint density at radius 1 is 0.403 bits per heavy atom. The first-order chi connectivity index (χ1) is 30.2. The zero-order chi connectivity index (χ0) is 43.0. The van der Waals surface area contributed by atoms with Gasteiger partial charge in [-0.3, -0.25) is 9.59 Å². The molecule has 10 nitrogen and oxygen atoms in total. The van der Waals surface area contributed by atoms with Crippen LogP contribution in [0.15, 0.2) is 133 Å². The van der Waals surface area contributed by atoms with Crippen LogP contribution in [0.3, 0.4) is 0 Å². The predicted molar refractivity (Wildman–Crippen MR) is 255 cm³/mol.